The quantitative estimate of drug-likeness (QED) is 0.715. The van der Waals surface area contributed by atoms with Gasteiger partial charge in [0.25, 0.3) is 0 Å². The van der Waals surface area contributed by atoms with E-state index in [-0.39, 0.29) is 0 Å². The Hall–Kier alpha value is -0.570. The van der Waals surface area contributed by atoms with E-state index in [0.717, 1.165) is 24.9 Å². The molecular weight excluding hydrogens is 166 g/mol. The second-order valence-corrected chi connectivity index (χ2v) is 4.33. The van der Waals surface area contributed by atoms with E-state index >= 15 is 0 Å². The zero-order valence-electron chi connectivity index (χ0n) is 7.91. The summed E-state index contributed by atoms with van der Waals surface area (Å²) in [5.41, 5.74) is 0. The molecule has 1 heterocycles. The first-order valence-electron chi connectivity index (χ1n) is 5.21. The molecule has 0 spiro atoms. The Morgan fingerprint density at radius 3 is 2.85 bits per heavy atom. The average molecular weight is 183 g/mol. The van der Waals surface area contributed by atoms with Gasteiger partial charge in [-0.1, -0.05) is 0 Å². The monoisotopic (exact) mass is 183 g/mol. The SMILES string of the molecule is O=C(O)CCCN1CC2CCC1C2. The highest BCUT2D eigenvalue weighted by molar-refractivity contribution is 5.66. The third-order valence-corrected chi connectivity index (χ3v) is 3.36. The summed E-state index contributed by atoms with van der Waals surface area (Å²) >= 11 is 0. The van der Waals surface area contributed by atoms with E-state index in [9.17, 15) is 4.79 Å². The molecule has 1 N–H and O–H groups in total. The van der Waals surface area contributed by atoms with E-state index < -0.39 is 5.97 Å². The van der Waals surface area contributed by atoms with Crippen molar-refractivity contribution in [1.82, 2.24) is 4.90 Å². The minimum absolute atomic E-state index is 0.327. The molecule has 74 valence electrons. The van der Waals surface area contributed by atoms with Crippen LogP contribution in [0.3, 0.4) is 0 Å². The zero-order chi connectivity index (χ0) is 9.26. The van der Waals surface area contributed by atoms with Crippen molar-refractivity contribution in [3.8, 4) is 0 Å². The maximum absolute atomic E-state index is 10.3. The molecule has 1 saturated carbocycles. The van der Waals surface area contributed by atoms with E-state index in [1.165, 1.54) is 25.8 Å². The first kappa shape index (κ1) is 9.00. The van der Waals surface area contributed by atoms with Crippen molar-refractivity contribution >= 4 is 5.97 Å². The summed E-state index contributed by atoms with van der Waals surface area (Å²) in [6.45, 7) is 2.22. The van der Waals surface area contributed by atoms with Gasteiger partial charge < -0.3 is 10.0 Å². The van der Waals surface area contributed by atoms with Crippen molar-refractivity contribution in [2.75, 3.05) is 13.1 Å². The number of carboxylic acid groups (broad SMARTS) is 1. The lowest BCUT2D eigenvalue weighted by atomic mass is 10.1. The van der Waals surface area contributed by atoms with Crippen LogP contribution in [0.4, 0.5) is 0 Å². The van der Waals surface area contributed by atoms with Crippen LogP contribution in [0, 0.1) is 5.92 Å². The minimum Gasteiger partial charge on any atom is -0.481 e. The number of carboxylic acids is 1. The molecule has 0 aromatic carbocycles. The minimum atomic E-state index is -0.663. The second kappa shape index (κ2) is 3.66. The van der Waals surface area contributed by atoms with Gasteiger partial charge in [0.2, 0.25) is 0 Å². The standard InChI is InChI=1S/C10H17NO2/c12-10(13)2-1-5-11-7-8-3-4-9(11)6-8/h8-9H,1-7H2,(H,12,13). The number of piperidine rings is 1. The van der Waals surface area contributed by atoms with E-state index in [1.54, 1.807) is 0 Å². The predicted octanol–water partition coefficient (Wildman–Crippen LogP) is 1.34. The molecule has 1 aliphatic carbocycles. The maximum atomic E-state index is 10.3. The first-order chi connectivity index (χ1) is 6.25. The van der Waals surface area contributed by atoms with Crippen LogP contribution in [-0.2, 0) is 4.79 Å². The Kier molecular flexibility index (Phi) is 2.54. The topological polar surface area (TPSA) is 40.5 Å². The van der Waals surface area contributed by atoms with Crippen LogP contribution in [-0.4, -0.2) is 35.1 Å². The van der Waals surface area contributed by atoms with Gasteiger partial charge in [0.1, 0.15) is 0 Å². The molecule has 0 amide bonds. The van der Waals surface area contributed by atoms with Gasteiger partial charge in [-0.05, 0) is 38.1 Å². The molecule has 2 atom stereocenters. The average Bonchev–Trinajstić information content (AvgIpc) is 2.64. The Morgan fingerprint density at radius 1 is 1.46 bits per heavy atom. The fourth-order valence-electron chi connectivity index (χ4n) is 2.73. The highest BCUT2D eigenvalue weighted by atomic mass is 16.4. The number of rotatable bonds is 4. The normalized spacial score (nSPS) is 32.6. The van der Waals surface area contributed by atoms with Crippen molar-refractivity contribution in [1.29, 1.82) is 0 Å². The number of hydrogen-bond acceptors (Lipinski definition) is 2. The third-order valence-electron chi connectivity index (χ3n) is 3.36. The lowest BCUT2D eigenvalue weighted by Gasteiger charge is -2.26. The smallest absolute Gasteiger partial charge is 0.303 e. The van der Waals surface area contributed by atoms with Gasteiger partial charge >= 0.3 is 5.97 Å². The fraction of sp³-hybridized carbons (Fsp3) is 0.900. The van der Waals surface area contributed by atoms with Gasteiger partial charge in [-0.2, -0.15) is 0 Å². The lowest BCUT2D eigenvalue weighted by molar-refractivity contribution is -0.137. The van der Waals surface area contributed by atoms with Crippen molar-refractivity contribution in [2.24, 2.45) is 5.92 Å². The zero-order valence-corrected chi connectivity index (χ0v) is 7.91. The van der Waals surface area contributed by atoms with Crippen LogP contribution in [0.1, 0.15) is 32.1 Å². The van der Waals surface area contributed by atoms with Crippen LogP contribution in [0.15, 0.2) is 0 Å². The molecule has 2 aliphatic rings. The number of nitrogens with zero attached hydrogens (tertiary/aromatic N) is 1. The molecular formula is C10H17NO2. The fourth-order valence-corrected chi connectivity index (χ4v) is 2.73. The first-order valence-corrected chi connectivity index (χ1v) is 5.21. The number of hydrogen-bond donors (Lipinski definition) is 1. The van der Waals surface area contributed by atoms with Gasteiger partial charge in [-0.25, -0.2) is 0 Å². The summed E-state index contributed by atoms with van der Waals surface area (Å²) < 4.78 is 0. The summed E-state index contributed by atoms with van der Waals surface area (Å²) in [5, 5.41) is 8.50. The van der Waals surface area contributed by atoms with Crippen LogP contribution in [0.25, 0.3) is 0 Å². The Balaban J connectivity index is 1.68. The number of likely N-dealkylation sites (tertiary alicyclic amines) is 1. The summed E-state index contributed by atoms with van der Waals surface area (Å²) in [7, 11) is 0. The van der Waals surface area contributed by atoms with Crippen molar-refractivity contribution in [2.45, 2.75) is 38.1 Å². The van der Waals surface area contributed by atoms with Crippen molar-refractivity contribution in [3.05, 3.63) is 0 Å². The van der Waals surface area contributed by atoms with E-state index in [1.807, 2.05) is 0 Å². The highest BCUT2D eigenvalue weighted by Gasteiger charge is 2.36. The molecule has 1 saturated heterocycles. The number of aliphatic carboxylic acids is 1. The summed E-state index contributed by atoms with van der Waals surface area (Å²) in [4.78, 5) is 12.8. The molecule has 2 fully saturated rings. The van der Waals surface area contributed by atoms with Crippen LogP contribution in [0.2, 0.25) is 0 Å². The number of fused-ring (bicyclic) bond motifs is 2. The lowest BCUT2D eigenvalue weighted by Crippen LogP contribution is -2.33. The van der Waals surface area contributed by atoms with Crippen molar-refractivity contribution in [3.63, 3.8) is 0 Å². The predicted molar refractivity (Wildman–Crippen MR) is 49.6 cm³/mol. The van der Waals surface area contributed by atoms with Gasteiger partial charge in [-0.15, -0.1) is 0 Å². The van der Waals surface area contributed by atoms with E-state index in [4.69, 9.17) is 5.11 Å². The van der Waals surface area contributed by atoms with Gasteiger partial charge in [-0.3, -0.25) is 4.79 Å². The summed E-state index contributed by atoms with van der Waals surface area (Å²) in [5.74, 6) is 0.263. The largest absolute Gasteiger partial charge is 0.481 e. The highest BCUT2D eigenvalue weighted by Crippen LogP contribution is 2.37. The van der Waals surface area contributed by atoms with Gasteiger partial charge in [0.05, 0.1) is 0 Å². The van der Waals surface area contributed by atoms with Crippen LogP contribution < -0.4 is 0 Å². The Bertz CT molecular complexity index is 205. The molecule has 0 radical (unpaired) electrons. The molecule has 13 heavy (non-hydrogen) atoms. The van der Waals surface area contributed by atoms with Gasteiger partial charge in [0.15, 0.2) is 0 Å². The van der Waals surface area contributed by atoms with Crippen molar-refractivity contribution < 1.29 is 9.90 Å². The molecule has 3 heteroatoms. The van der Waals surface area contributed by atoms with E-state index in [2.05, 4.69) is 4.90 Å². The second-order valence-electron chi connectivity index (χ2n) is 4.33. The van der Waals surface area contributed by atoms with Gasteiger partial charge in [0, 0.05) is 19.0 Å². The molecule has 2 rings (SSSR count). The molecule has 2 unspecified atom stereocenters. The Labute approximate surface area is 78.7 Å². The van der Waals surface area contributed by atoms with Crippen LogP contribution >= 0.6 is 0 Å². The van der Waals surface area contributed by atoms with Crippen LogP contribution in [0.5, 0.6) is 0 Å². The molecule has 0 aromatic rings. The molecule has 1 aliphatic heterocycles. The summed E-state index contributed by atoms with van der Waals surface area (Å²) in [6, 6.07) is 0.791. The third kappa shape index (κ3) is 2.02. The summed E-state index contributed by atoms with van der Waals surface area (Å²) in [6.07, 6.45) is 5.26. The maximum Gasteiger partial charge on any atom is 0.303 e. The van der Waals surface area contributed by atoms with E-state index in [0.29, 0.717) is 6.42 Å². The number of carbonyl (C=O) groups is 1. The Morgan fingerprint density at radius 2 is 2.31 bits per heavy atom. The molecule has 3 nitrogen and oxygen atoms in total. The molecule has 2 bridgehead atoms. The molecule has 0 aromatic heterocycles.